The number of carbonyl (C=O) groups is 1. The Morgan fingerprint density at radius 1 is 1.32 bits per heavy atom. The molecule has 1 aliphatic rings. The van der Waals surface area contributed by atoms with E-state index in [0.717, 1.165) is 17.9 Å². The predicted molar refractivity (Wildman–Crippen MR) is 86.1 cm³/mol. The van der Waals surface area contributed by atoms with Crippen molar-refractivity contribution in [2.75, 3.05) is 18.8 Å². The van der Waals surface area contributed by atoms with Crippen LogP contribution in [0.1, 0.15) is 27.8 Å². The van der Waals surface area contributed by atoms with Crippen molar-refractivity contribution in [3.05, 3.63) is 58.4 Å². The molecular formula is C16H18N2O3S. The highest BCUT2D eigenvalue weighted by molar-refractivity contribution is 7.99. The number of pyridine rings is 1. The minimum atomic E-state index is -0.244. The van der Waals surface area contributed by atoms with Gasteiger partial charge >= 0.3 is 0 Å². The van der Waals surface area contributed by atoms with E-state index in [4.69, 9.17) is 4.42 Å². The number of nitrogens with zero attached hydrogens (tertiary/aromatic N) is 2. The second kappa shape index (κ2) is 6.44. The van der Waals surface area contributed by atoms with Gasteiger partial charge in [-0.25, -0.2) is 0 Å². The van der Waals surface area contributed by atoms with Gasteiger partial charge in [0, 0.05) is 32.1 Å². The molecule has 3 heterocycles. The van der Waals surface area contributed by atoms with Crippen LogP contribution >= 0.6 is 11.8 Å². The number of carbonyl (C=O) groups excluding carboxylic acids is 1. The maximum absolute atomic E-state index is 12.6. The van der Waals surface area contributed by atoms with Gasteiger partial charge in [-0.05, 0) is 30.7 Å². The van der Waals surface area contributed by atoms with Gasteiger partial charge in [-0.3, -0.25) is 9.59 Å². The molecule has 6 heteroatoms. The molecule has 1 unspecified atom stereocenters. The lowest BCUT2D eigenvalue weighted by molar-refractivity contribution is 0.0763. The minimum absolute atomic E-state index is 0.179. The molecule has 116 valence electrons. The summed E-state index contributed by atoms with van der Waals surface area (Å²) >= 11 is 1.79. The molecule has 2 aromatic heterocycles. The molecule has 1 amide bonds. The zero-order valence-corrected chi connectivity index (χ0v) is 13.2. The van der Waals surface area contributed by atoms with Crippen LogP contribution < -0.4 is 5.56 Å². The highest BCUT2D eigenvalue weighted by atomic mass is 32.2. The third kappa shape index (κ3) is 2.97. The summed E-state index contributed by atoms with van der Waals surface area (Å²) in [5.74, 6) is 1.61. The first kappa shape index (κ1) is 15.0. The molecule has 1 aliphatic heterocycles. The molecule has 0 saturated carbocycles. The standard InChI is InChI=1S/C16H18N2O3S/c1-17-7-2-4-12(15(17)19)16(20)18-8-6-14(22-11-9-18)13-5-3-10-21-13/h2-5,7,10,14H,6,8-9,11H2,1H3. The Hall–Kier alpha value is -1.95. The highest BCUT2D eigenvalue weighted by Crippen LogP contribution is 2.34. The van der Waals surface area contributed by atoms with E-state index in [1.807, 2.05) is 12.1 Å². The highest BCUT2D eigenvalue weighted by Gasteiger charge is 2.25. The molecule has 1 saturated heterocycles. The van der Waals surface area contributed by atoms with Crippen molar-refractivity contribution in [3.63, 3.8) is 0 Å². The van der Waals surface area contributed by atoms with E-state index >= 15 is 0 Å². The Morgan fingerprint density at radius 2 is 2.18 bits per heavy atom. The third-order valence-corrected chi connectivity index (χ3v) is 5.13. The van der Waals surface area contributed by atoms with Gasteiger partial charge in [0.1, 0.15) is 11.3 Å². The maximum atomic E-state index is 12.6. The summed E-state index contributed by atoms with van der Waals surface area (Å²) in [6.45, 7) is 1.29. The number of thioether (sulfide) groups is 1. The predicted octanol–water partition coefficient (Wildman–Crippen LogP) is 2.30. The Bertz CT molecular complexity index is 708. The topological polar surface area (TPSA) is 55.5 Å². The van der Waals surface area contributed by atoms with E-state index in [2.05, 4.69) is 0 Å². The molecule has 3 rings (SSSR count). The zero-order chi connectivity index (χ0) is 15.5. The second-order valence-electron chi connectivity index (χ2n) is 5.29. The summed E-state index contributed by atoms with van der Waals surface area (Å²) in [5, 5.41) is 0.270. The van der Waals surface area contributed by atoms with Gasteiger partial charge in [-0.1, -0.05) is 0 Å². The Balaban J connectivity index is 1.74. The fraction of sp³-hybridized carbons (Fsp3) is 0.375. The van der Waals surface area contributed by atoms with Crippen molar-refractivity contribution < 1.29 is 9.21 Å². The van der Waals surface area contributed by atoms with Crippen LogP contribution in [-0.2, 0) is 7.05 Å². The fourth-order valence-corrected chi connectivity index (χ4v) is 3.79. The number of aromatic nitrogens is 1. The summed E-state index contributed by atoms with van der Waals surface area (Å²) in [7, 11) is 1.66. The Kier molecular flexibility index (Phi) is 4.38. The van der Waals surface area contributed by atoms with Gasteiger partial charge in [0.15, 0.2) is 0 Å². The monoisotopic (exact) mass is 318 g/mol. The van der Waals surface area contributed by atoms with E-state index in [1.54, 1.807) is 48.3 Å². The molecular weight excluding hydrogens is 300 g/mol. The van der Waals surface area contributed by atoms with Crippen LogP contribution in [0.5, 0.6) is 0 Å². The van der Waals surface area contributed by atoms with Gasteiger partial charge in [0.2, 0.25) is 0 Å². The number of furan rings is 1. The van der Waals surface area contributed by atoms with Crippen LogP contribution in [0.2, 0.25) is 0 Å². The smallest absolute Gasteiger partial charge is 0.263 e. The lowest BCUT2D eigenvalue weighted by Crippen LogP contribution is -2.37. The van der Waals surface area contributed by atoms with E-state index in [0.29, 0.717) is 13.1 Å². The molecule has 5 nitrogen and oxygen atoms in total. The molecule has 0 bridgehead atoms. The Labute approximate surface area is 132 Å². The van der Waals surface area contributed by atoms with Crippen LogP contribution in [-0.4, -0.2) is 34.2 Å². The van der Waals surface area contributed by atoms with Crippen molar-refractivity contribution >= 4 is 17.7 Å². The van der Waals surface area contributed by atoms with Crippen LogP contribution in [0.25, 0.3) is 0 Å². The number of hydrogen-bond donors (Lipinski definition) is 0. The zero-order valence-electron chi connectivity index (χ0n) is 12.4. The van der Waals surface area contributed by atoms with Crippen molar-refractivity contribution in [2.45, 2.75) is 11.7 Å². The lowest BCUT2D eigenvalue weighted by atomic mass is 10.2. The second-order valence-corrected chi connectivity index (χ2v) is 6.60. The fourth-order valence-electron chi connectivity index (χ4n) is 2.61. The average Bonchev–Trinajstić information content (AvgIpc) is 2.94. The third-order valence-electron chi connectivity index (χ3n) is 3.84. The largest absolute Gasteiger partial charge is 0.468 e. The number of rotatable bonds is 2. The lowest BCUT2D eigenvalue weighted by Gasteiger charge is -2.20. The molecule has 2 aromatic rings. The first-order valence-corrected chi connectivity index (χ1v) is 8.31. The van der Waals surface area contributed by atoms with Crippen molar-refractivity contribution in [3.8, 4) is 0 Å². The minimum Gasteiger partial charge on any atom is -0.468 e. The summed E-state index contributed by atoms with van der Waals surface area (Å²) < 4.78 is 6.90. The van der Waals surface area contributed by atoms with Crippen molar-refractivity contribution in [1.29, 1.82) is 0 Å². The number of hydrogen-bond acceptors (Lipinski definition) is 4. The molecule has 0 radical (unpaired) electrons. The van der Waals surface area contributed by atoms with Crippen LogP contribution in [0, 0.1) is 0 Å². The molecule has 0 spiro atoms. The SMILES string of the molecule is Cn1cccc(C(=O)N2CCSC(c3ccco3)CC2)c1=O. The van der Waals surface area contributed by atoms with E-state index < -0.39 is 0 Å². The summed E-state index contributed by atoms with van der Waals surface area (Å²) in [4.78, 5) is 26.5. The quantitative estimate of drug-likeness (QED) is 0.852. The van der Waals surface area contributed by atoms with Gasteiger partial charge in [-0.15, -0.1) is 11.8 Å². The molecule has 0 aromatic carbocycles. The first-order chi connectivity index (χ1) is 10.7. The van der Waals surface area contributed by atoms with Crippen molar-refractivity contribution in [2.24, 2.45) is 7.05 Å². The average molecular weight is 318 g/mol. The maximum Gasteiger partial charge on any atom is 0.263 e. The van der Waals surface area contributed by atoms with Gasteiger partial charge in [0.25, 0.3) is 11.5 Å². The Morgan fingerprint density at radius 3 is 2.95 bits per heavy atom. The molecule has 1 atom stereocenters. The van der Waals surface area contributed by atoms with E-state index in [1.165, 1.54) is 4.57 Å². The summed E-state index contributed by atoms with van der Waals surface area (Å²) in [6.07, 6.45) is 4.17. The van der Waals surface area contributed by atoms with Crippen LogP contribution in [0.4, 0.5) is 0 Å². The summed E-state index contributed by atoms with van der Waals surface area (Å²) in [5.41, 5.74) is -0.00145. The number of amides is 1. The molecule has 1 fully saturated rings. The number of aryl methyl sites for hydroxylation is 1. The van der Waals surface area contributed by atoms with Crippen LogP contribution in [0.3, 0.4) is 0 Å². The molecule has 0 N–H and O–H groups in total. The van der Waals surface area contributed by atoms with E-state index in [9.17, 15) is 9.59 Å². The molecule has 0 aliphatic carbocycles. The van der Waals surface area contributed by atoms with Gasteiger partial charge in [-0.2, -0.15) is 0 Å². The van der Waals surface area contributed by atoms with E-state index in [-0.39, 0.29) is 22.3 Å². The molecule has 22 heavy (non-hydrogen) atoms. The first-order valence-electron chi connectivity index (χ1n) is 7.27. The van der Waals surface area contributed by atoms with Crippen molar-refractivity contribution in [1.82, 2.24) is 9.47 Å². The summed E-state index contributed by atoms with van der Waals surface area (Å²) in [6, 6.07) is 7.19. The normalized spacial score (nSPS) is 19.0. The van der Waals surface area contributed by atoms with Crippen LogP contribution in [0.15, 0.2) is 45.9 Å². The van der Waals surface area contributed by atoms with Gasteiger partial charge in [0.05, 0.1) is 11.5 Å². The van der Waals surface area contributed by atoms with Gasteiger partial charge < -0.3 is 13.9 Å².